The topological polar surface area (TPSA) is 47.6 Å². The first-order chi connectivity index (χ1) is 11.7. The molecule has 0 radical (unpaired) electrons. The molecule has 0 aliphatic heterocycles. The molecule has 1 amide bonds. The summed E-state index contributed by atoms with van der Waals surface area (Å²) < 4.78 is 11.2. The Morgan fingerprint density at radius 3 is 2.54 bits per heavy atom. The van der Waals surface area contributed by atoms with Gasteiger partial charge in [-0.1, -0.05) is 50.1 Å². The summed E-state index contributed by atoms with van der Waals surface area (Å²) in [4.78, 5) is 12.2. The Morgan fingerprint density at radius 1 is 1.04 bits per heavy atom. The minimum atomic E-state index is -0.0842. The third kappa shape index (κ3) is 5.30. The van der Waals surface area contributed by atoms with Gasteiger partial charge in [0.25, 0.3) is 5.91 Å². The maximum Gasteiger partial charge on any atom is 0.251 e. The van der Waals surface area contributed by atoms with Gasteiger partial charge in [-0.15, -0.1) is 0 Å². The Morgan fingerprint density at radius 2 is 1.83 bits per heavy atom. The lowest BCUT2D eigenvalue weighted by Gasteiger charge is -2.12. The molecule has 0 aliphatic rings. The van der Waals surface area contributed by atoms with Crippen molar-refractivity contribution in [1.29, 1.82) is 0 Å². The molecule has 0 aliphatic carbocycles. The van der Waals surface area contributed by atoms with Gasteiger partial charge in [0.1, 0.15) is 6.61 Å². The second-order valence-corrected chi connectivity index (χ2v) is 5.60. The van der Waals surface area contributed by atoms with E-state index >= 15 is 0 Å². The molecular formula is C20H25NO3. The van der Waals surface area contributed by atoms with Crippen molar-refractivity contribution in [1.82, 2.24) is 5.32 Å². The number of carbonyl (C=O) groups excluding carboxylic acids is 1. The summed E-state index contributed by atoms with van der Waals surface area (Å²) in [5, 5.41) is 2.93. The number of carbonyl (C=O) groups is 1. The number of methoxy groups -OCH3 is 1. The van der Waals surface area contributed by atoms with Gasteiger partial charge < -0.3 is 14.8 Å². The third-order valence-electron chi connectivity index (χ3n) is 3.73. The van der Waals surface area contributed by atoms with Crippen LogP contribution in [-0.2, 0) is 6.61 Å². The highest BCUT2D eigenvalue weighted by Gasteiger charge is 2.11. The zero-order chi connectivity index (χ0) is 17.2. The smallest absolute Gasteiger partial charge is 0.251 e. The lowest BCUT2D eigenvalue weighted by Crippen LogP contribution is -2.24. The molecule has 0 aromatic heterocycles. The maximum atomic E-state index is 12.2. The van der Waals surface area contributed by atoms with Crippen molar-refractivity contribution in [2.75, 3.05) is 13.7 Å². The predicted octanol–water partition coefficient (Wildman–Crippen LogP) is 4.19. The molecular weight excluding hydrogens is 302 g/mol. The molecule has 0 heterocycles. The van der Waals surface area contributed by atoms with E-state index in [1.165, 1.54) is 0 Å². The summed E-state index contributed by atoms with van der Waals surface area (Å²) in [6.45, 7) is 3.29. The van der Waals surface area contributed by atoms with E-state index in [4.69, 9.17) is 9.47 Å². The molecule has 4 nitrogen and oxygen atoms in total. The highest BCUT2D eigenvalue weighted by Crippen LogP contribution is 2.28. The highest BCUT2D eigenvalue weighted by molar-refractivity contribution is 5.94. The number of rotatable bonds is 9. The van der Waals surface area contributed by atoms with Gasteiger partial charge in [0.2, 0.25) is 0 Å². The van der Waals surface area contributed by atoms with Gasteiger partial charge in [-0.25, -0.2) is 0 Å². The van der Waals surface area contributed by atoms with E-state index < -0.39 is 0 Å². The zero-order valence-corrected chi connectivity index (χ0v) is 14.4. The van der Waals surface area contributed by atoms with Crippen LogP contribution in [0.15, 0.2) is 48.5 Å². The summed E-state index contributed by atoms with van der Waals surface area (Å²) >= 11 is 0. The van der Waals surface area contributed by atoms with Crippen LogP contribution in [0.3, 0.4) is 0 Å². The number of ether oxygens (including phenoxy) is 2. The molecule has 1 N–H and O–H groups in total. The minimum absolute atomic E-state index is 0.0842. The summed E-state index contributed by atoms with van der Waals surface area (Å²) in [5.41, 5.74) is 1.66. The van der Waals surface area contributed by atoms with E-state index in [-0.39, 0.29) is 5.91 Å². The monoisotopic (exact) mass is 327 g/mol. The fraction of sp³-hybridized carbons (Fsp3) is 0.350. The van der Waals surface area contributed by atoms with Crippen LogP contribution in [0.4, 0.5) is 0 Å². The fourth-order valence-corrected chi connectivity index (χ4v) is 2.34. The van der Waals surface area contributed by atoms with Crippen molar-refractivity contribution in [3.63, 3.8) is 0 Å². The van der Waals surface area contributed by atoms with Gasteiger partial charge in [0.15, 0.2) is 11.5 Å². The Kier molecular flexibility index (Phi) is 7.15. The molecule has 0 bridgehead atoms. The molecule has 128 valence electrons. The van der Waals surface area contributed by atoms with E-state index in [2.05, 4.69) is 12.2 Å². The van der Waals surface area contributed by atoms with Gasteiger partial charge in [-0.2, -0.15) is 0 Å². The van der Waals surface area contributed by atoms with E-state index in [0.717, 1.165) is 24.8 Å². The molecule has 0 spiro atoms. The van der Waals surface area contributed by atoms with Crippen LogP contribution < -0.4 is 14.8 Å². The van der Waals surface area contributed by atoms with Crippen molar-refractivity contribution in [2.24, 2.45) is 0 Å². The number of benzene rings is 2. The second-order valence-electron chi connectivity index (χ2n) is 5.60. The molecule has 0 fully saturated rings. The zero-order valence-electron chi connectivity index (χ0n) is 14.4. The van der Waals surface area contributed by atoms with Crippen molar-refractivity contribution >= 4 is 5.91 Å². The largest absolute Gasteiger partial charge is 0.493 e. The number of hydrogen-bond acceptors (Lipinski definition) is 3. The summed E-state index contributed by atoms with van der Waals surface area (Å²) in [7, 11) is 1.58. The summed E-state index contributed by atoms with van der Waals surface area (Å²) in [6.07, 6.45) is 3.25. The standard InChI is InChI=1S/C20H25NO3/c1-3-4-8-13-21-20(22)17-11-12-18(19(14-17)23-2)24-15-16-9-6-5-7-10-16/h5-7,9-12,14H,3-4,8,13,15H2,1-2H3,(H,21,22). The van der Waals surface area contributed by atoms with Crippen LogP contribution in [0.1, 0.15) is 42.1 Å². The van der Waals surface area contributed by atoms with Crippen LogP contribution in [0, 0.1) is 0 Å². The number of nitrogens with one attached hydrogen (secondary N) is 1. The quantitative estimate of drug-likeness (QED) is 0.702. The van der Waals surface area contributed by atoms with E-state index in [1.54, 1.807) is 25.3 Å². The average Bonchev–Trinajstić information content (AvgIpc) is 2.64. The molecule has 0 saturated heterocycles. The Bertz CT molecular complexity index is 641. The van der Waals surface area contributed by atoms with Crippen molar-refractivity contribution in [3.8, 4) is 11.5 Å². The van der Waals surface area contributed by atoms with Crippen molar-refractivity contribution < 1.29 is 14.3 Å². The van der Waals surface area contributed by atoms with E-state index in [9.17, 15) is 4.79 Å². The van der Waals surface area contributed by atoms with Gasteiger partial charge in [-0.3, -0.25) is 4.79 Å². The average molecular weight is 327 g/mol. The van der Waals surface area contributed by atoms with Gasteiger partial charge in [0, 0.05) is 12.1 Å². The first-order valence-corrected chi connectivity index (χ1v) is 8.37. The first kappa shape index (κ1) is 17.9. The predicted molar refractivity (Wildman–Crippen MR) is 95.6 cm³/mol. The number of unbranched alkanes of at least 4 members (excludes halogenated alkanes) is 2. The molecule has 2 rings (SSSR count). The lowest BCUT2D eigenvalue weighted by molar-refractivity contribution is 0.0952. The molecule has 0 atom stereocenters. The highest BCUT2D eigenvalue weighted by atomic mass is 16.5. The van der Waals surface area contributed by atoms with Gasteiger partial charge in [-0.05, 0) is 30.2 Å². The third-order valence-corrected chi connectivity index (χ3v) is 3.73. The van der Waals surface area contributed by atoms with E-state index in [1.807, 2.05) is 30.3 Å². The molecule has 0 unspecified atom stereocenters. The van der Waals surface area contributed by atoms with Crippen molar-refractivity contribution in [2.45, 2.75) is 32.8 Å². The van der Waals surface area contributed by atoms with Crippen LogP contribution in [0.25, 0.3) is 0 Å². The maximum absolute atomic E-state index is 12.2. The van der Waals surface area contributed by atoms with Crippen molar-refractivity contribution in [3.05, 3.63) is 59.7 Å². The molecule has 0 saturated carbocycles. The number of amides is 1. The van der Waals surface area contributed by atoms with Gasteiger partial charge in [0.05, 0.1) is 7.11 Å². The normalized spacial score (nSPS) is 10.2. The fourth-order valence-electron chi connectivity index (χ4n) is 2.34. The summed E-state index contributed by atoms with van der Waals surface area (Å²) in [6, 6.07) is 15.2. The molecule has 2 aromatic rings. The molecule has 2 aromatic carbocycles. The SMILES string of the molecule is CCCCCNC(=O)c1ccc(OCc2ccccc2)c(OC)c1. The van der Waals surface area contributed by atoms with Gasteiger partial charge >= 0.3 is 0 Å². The lowest BCUT2D eigenvalue weighted by atomic mass is 10.1. The Hall–Kier alpha value is -2.49. The minimum Gasteiger partial charge on any atom is -0.493 e. The Balaban J connectivity index is 1.97. The Labute approximate surface area is 143 Å². The van der Waals surface area contributed by atoms with Crippen LogP contribution >= 0.6 is 0 Å². The van der Waals surface area contributed by atoms with Crippen LogP contribution in [0.5, 0.6) is 11.5 Å². The van der Waals surface area contributed by atoms with Crippen LogP contribution in [-0.4, -0.2) is 19.6 Å². The second kappa shape index (κ2) is 9.60. The van der Waals surface area contributed by atoms with Crippen LogP contribution in [0.2, 0.25) is 0 Å². The molecule has 24 heavy (non-hydrogen) atoms. The molecule has 4 heteroatoms. The van der Waals surface area contributed by atoms with E-state index in [0.29, 0.717) is 30.2 Å². The summed E-state index contributed by atoms with van der Waals surface area (Å²) in [5.74, 6) is 1.11. The number of hydrogen-bond donors (Lipinski definition) is 1. The first-order valence-electron chi connectivity index (χ1n) is 8.37.